The number of hydrogen-bond donors (Lipinski definition) is 1. The number of imide groups is 1. The summed E-state index contributed by atoms with van der Waals surface area (Å²) in [7, 11) is 0. The zero-order valence-corrected chi connectivity index (χ0v) is 16.8. The number of rotatable bonds is 6. The highest BCUT2D eigenvalue weighted by atomic mass is 79.9. The molecule has 0 unspecified atom stereocenters. The molecule has 0 bridgehead atoms. The molecule has 1 aliphatic rings. The number of ether oxygens (including phenoxy) is 1. The lowest BCUT2D eigenvalue weighted by atomic mass is 10.2. The van der Waals surface area contributed by atoms with Gasteiger partial charge in [-0.2, -0.15) is 0 Å². The molecule has 0 aromatic heterocycles. The summed E-state index contributed by atoms with van der Waals surface area (Å²) < 4.78 is 18.8. The first-order valence-corrected chi connectivity index (χ1v) is 9.65. The first kappa shape index (κ1) is 20.1. The summed E-state index contributed by atoms with van der Waals surface area (Å²) in [6.45, 7) is -0.175. The van der Waals surface area contributed by atoms with Crippen molar-refractivity contribution in [2.24, 2.45) is 5.73 Å². The zero-order chi connectivity index (χ0) is 20.3. The molecular formula is C19H14BrFN2O4S. The molecule has 2 aromatic rings. The lowest BCUT2D eigenvalue weighted by Gasteiger charge is -2.12. The topological polar surface area (TPSA) is 89.7 Å². The van der Waals surface area contributed by atoms with E-state index in [0.717, 1.165) is 16.7 Å². The van der Waals surface area contributed by atoms with Gasteiger partial charge in [-0.25, -0.2) is 4.39 Å². The fourth-order valence-corrected chi connectivity index (χ4v) is 3.78. The van der Waals surface area contributed by atoms with Crippen LogP contribution in [0.4, 0.5) is 9.18 Å². The normalized spacial score (nSPS) is 15.4. The molecule has 0 spiro atoms. The highest BCUT2D eigenvalue weighted by Crippen LogP contribution is 2.34. The summed E-state index contributed by atoms with van der Waals surface area (Å²) in [5.41, 5.74) is 6.38. The summed E-state index contributed by atoms with van der Waals surface area (Å²) >= 11 is 4.17. The molecule has 0 atom stereocenters. The van der Waals surface area contributed by atoms with E-state index in [1.165, 1.54) is 24.3 Å². The number of thioether (sulfide) groups is 1. The van der Waals surface area contributed by atoms with Crippen molar-refractivity contribution in [3.8, 4) is 5.75 Å². The van der Waals surface area contributed by atoms with E-state index in [4.69, 9.17) is 10.5 Å². The average Bonchev–Trinajstić information content (AvgIpc) is 2.90. The van der Waals surface area contributed by atoms with Gasteiger partial charge in [0.25, 0.3) is 17.1 Å². The Morgan fingerprint density at radius 3 is 2.57 bits per heavy atom. The Labute approximate surface area is 172 Å². The van der Waals surface area contributed by atoms with Crippen LogP contribution >= 0.6 is 27.7 Å². The van der Waals surface area contributed by atoms with Gasteiger partial charge in [-0.15, -0.1) is 0 Å². The highest BCUT2D eigenvalue weighted by molar-refractivity contribution is 9.10. The molecule has 2 N–H and O–H groups in total. The molecule has 3 amide bonds. The first-order valence-electron chi connectivity index (χ1n) is 8.04. The van der Waals surface area contributed by atoms with Gasteiger partial charge in [0.05, 0.1) is 15.9 Å². The van der Waals surface area contributed by atoms with Crippen molar-refractivity contribution >= 4 is 50.8 Å². The number of nitrogens with zero attached hydrogens (tertiary/aromatic N) is 1. The minimum atomic E-state index is -0.592. The van der Waals surface area contributed by atoms with Crippen LogP contribution in [0.5, 0.6) is 5.75 Å². The minimum absolute atomic E-state index is 0.0753. The van der Waals surface area contributed by atoms with Crippen LogP contribution in [0, 0.1) is 5.82 Å². The predicted molar refractivity (Wildman–Crippen MR) is 107 cm³/mol. The van der Waals surface area contributed by atoms with Crippen molar-refractivity contribution in [2.75, 3.05) is 6.61 Å². The van der Waals surface area contributed by atoms with Crippen LogP contribution in [0.2, 0.25) is 0 Å². The monoisotopic (exact) mass is 464 g/mol. The van der Waals surface area contributed by atoms with E-state index in [2.05, 4.69) is 15.9 Å². The summed E-state index contributed by atoms with van der Waals surface area (Å²) in [5.74, 6) is -0.956. The summed E-state index contributed by atoms with van der Waals surface area (Å²) in [6, 6.07) is 10.6. The van der Waals surface area contributed by atoms with Gasteiger partial charge < -0.3 is 10.5 Å². The third-order valence-corrected chi connectivity index (χ3v) is 5.28. The second-order valence-electron chi connectivity index (χ2n) is 5.84. The van der Waals surface area contributed by atoms with Crippen molar-refractivity contribution in [1.82, 2.24) is 4.90 Å². The number of carbonyl (C=O) groups excluding carboxylic acids is 3. The number of primary amides is 1. The van der Waals surface area contributed by atoms with Gasteiger partial charge in [0.2, 0.25) is 0 Å². The third-order valence-electron chi connectivity index (χ3n) is 3.75. The minimum Gasteiger partial charge on any atom is -0.483 e. The predicted octanol–water partition coefficient (Wildman–Crippen LogP) is 3.69. The molecule has 1 heterocycles. The summed E-state index contributed by atoms with van der Waals surface area (Å²) in [5, 5.41) is -0.388. The molecular weight excluding hydrogens is 451 g/mol. The Bertz CT molecular complexity index is 978. The number of amides is 3. The first-order chi connectivity index (χ1) is 13.3. The van der Waals surface area contributed by atoms with Crippen molar-refractivity contribution in [3.05, 3.63) is 68.8 Å². The molecule has 0 aliphatic carbocycles. The van der Waals surface area contributed by atoms with E-state index in [9.17, 15) is 18.8 Å². The van der Waals surface area contributed by atoms with E-state index in [1.54, 1.807) is 24.3 Å². The second-order valence-corrected chi connectivity index (χ2v) is 7.69. The lowest BCUT2D eigenvalue weighted by molar-refractivity contribution is -0.123. The van der Waals surface area contributed by atoms with Crippen LogP contribution in [-0.4, -0.2) is 28.6 Å². The maximum Gasteiger partial charge on any atom is 0.293 e. The Hall–Kier alpha value is -2.65. The van der Waals surface area contributed by atoms with Gasteiger partial charge in [0.15, 0.2) is 6.61 Å². The Balaban J connectivity index is 1.75. The van der Waals surface area contributed by atoms with Gasteiger partial charge in [-0.3, -0.25) is 19.3 Å². The molecule has 1 fully saturated rings. The van der Waals surface area contributed by atoms with Crippen LogP contribution in [0.15, 0.2) is 51.8 Å². The quantitative estimate of drug-likeness (QED) is 0.658. The van der Waals surface area contributed by atoms with E-state index in [-0.39, 0.29) is 29.1 Å². The molecule has 144 valence electrons. The number of nitrogens with two attached hydrogens (primary N) is 1. The number of halogens is 2. The molecule has 1 aliphatic heterocycles. The van der Waals surface area contributed by atoms with Gasteiger partial charge in [-0.05, 0) is 69.2 Å². The van der Waals surface area contributed by atoms with E-state index in [0.29, 0.717) is 21.3 Å². The third kappa shape index (κ3) is 4.79. The summed E-state index contributed by atoms with van der Waals surface area (Å²) in [4.78, 5) is 37.0. The van der Waals surface area contributed by atoms with Gasteiger partial charge in [0.1, 0.15) is 11.6 Å². The standard InChI is InChI=1S/C19H14BrFN2O4S/c20-14-7-12(3-6-15(14)27-10-17(22)24)8-16-18(25)23(19(26)28-16)9-11-1-4-13(21)5-2-11/h1-8H,9-10H2,(H2,22,24)/b16-8-. The Morgan fingerprint density at radius 2 is 1.93 bits per heavy atom. The maximum atomic E-state index is 13.0. The second kappa shape index (κ2) is 8.57. The number of carbonyl (C=O) groups is 3. The van der Waals surface area contributed by atoms with Crippen molar-refractivity contribution in [2.45, 2.75) is 6.54 Å². The van der Waals surface area contributed by atoms with Crippen molar-refractivity contribution in [1.29, 1.82) is 0 Å². The average molecular weight is 465 g/mol. The van der Waals surface area contributed by atoms with Crippen LogP contribution < -0.4 is 10.5 Å². The van der Waals surface area contributed by atoms with Crippen LogP contribution in [0.1, 0.15) is 11.1 Å². The smallest absolute Gasteiger partial charge is 0.293 e. The van der Waals surface area contributed by atoms with Crippen LogP contribution in [0.3, 0.4) is 0 Å². The van der Waals surface area contributed by atoms with Crippen molar-refractivity contribution < 1.29 is 23.5 Å². The number of benzene rings is 2. The molecule has 3 rings (SSSR count). The molecule has 6 nitrogen and oxygen atoms in total. The van der Waals surface area contributed by atoms with E-state index >= 15 is 0 Å². The summed E-state index contributed by atoms with van der Waals surface area (Å²) in [6.07, 6.45) is 1.60. The molecule has 9 heteroatoms. The Morgan fingerprint density at radius 1 is 1.21 bits per heavy atom. The highest BCUT2D eigenvalue weighted by Gasteiger charge is 2.35. The molecule has 2 aromatic carbocycles. The van der Waals surface area contributed by atoms with Gasteiger partial charge in [-0.1, -0.05) is 18.2 Å². The Kier molecular flexibility index (Phi) is 6.15. The van der Waals surface area contributed by atoms with Gasteiger partial charge in [0, 0.05) is 0 Å². The van der Waals surface area contributed by atoms with Crippen molar-refractivity contribution in [3.63, 3.8) is 0 Å². The number of hydrogen-bond acceptors (Lipinski definition) is 5. The molecule has 0 saturated carbocycles. The molecule has 28 heavy (non-hydrogen) atoms. The molecule has 1 saturated heterocycles. The fourth-order valence-electron chi connectivity index (χ4n) is 2.43. The largest absolute Gasteiger partial charge is 0.483 e. The maximum absolute atomic E-state index is 13.0. The zero-order valence-electron chi connectivity index (χ0n) is 14.4. The van der Waals surface area contributed by atoms with Crippen LogP contribution in [0.25, 0.3) is 6.08 Å². The lowest BCUT2D eigenvalue weighted by Crippen LogP contribution is -2.27. The molecule has 0 radical (unpaired) electrons. The van der Waals surface area contributed by atoms with E-state index in [1.807, 2.05) is 0 Å². The van der Waals surface area contributed by atoms with E-state index < -0.39 is 11.8 Å². The fraction of sp³-hybridized carbons (Fsp3) is 0.105. The SMILES string of the molecule is NC(=O)COc1ccc(/C=C2\SC(=O)N(Cc3ccc(F)cc3)C2=O)cc1Br. The van der Waals surface area contributed by atoms with Crippen LogP contribution in [-0.2, 0) is 16.1 Å². The van der Waals surface area contributed by atoms with Gasteiger partial charge >= 0.3 is 0 Å².